The summed E-state index contributed by atoms with van der Waals surface area (Å²) >= 11 is 0. The van der Waals surface area contributed by atoms with Gasteiger partial charge < -0.3 is 9.26 Å². The van der Waals surface area contributed by atoms with Gasteiger partial charge in [0.1, 0.15) is 5.82 Å². The van der Waals surface area contributed by atoms with E-state index in [9.17, 15) is 4.79 Å². The number of esters is 1. The third-order valence-electron chi connectivity index (χ3n) is 2.20. The maximum atomic E-state index is 11.6. The minimum atomic E-state index is -0.493. The van der Waals surface area contributed by atoms with Gasteiger partial charge in [-0.3, -0.25) is 4.57 Å². The van der Waals surface area contributed by atoms with E-state index in [0.29, 0.717) is 24.7 Å². The van der Waals surface area contributed by atoms with Crippen LogP contribution in [0.15, 0.2) is 16.8 Å². The summed E-state index contributed by atoms with van der Waals surface area (Å²) in [6.07, 6.45) is 1.54. The number of rotatable bonds is 4. The van der Waals surface area contributed by atoms with Crippen LogP contribution in [0.25, 0.3) is 0 Å². The molecule has 0 aliphatic rings. The number of ether oxygens (including phenoxy) is 1. The Morgan fingerprint density at radius 2 is 2.35 bits per heavy atom. The molecule has 2 heterocycles. The average Bonchev–Trinajstić information content (AvgIpc) is 2.91. The van der Waals surface area contributed by atoms with Crippen LogP contribution in [0, 0.1) is 6.92 Å². The molecule has 0 radical (unpaired) electrons. The predicted molar refractivity (Wildman–Crippen MR) is 56.3 cm³/mol. The Hall–Kier alpha value is -2.18. The smallest absolute Gasteiger partial charge is 0.376 e. The number of hydrogen-bond acceptors (Lipinski definition) is 6. The molecule has 0 spiro atoms. The van der Waals surface area contributed by atoms with Gasteiger partial charge in [0.2, 0.25) is 5.82 Å². The lowest BCUT2D eigenvalue weighted by molar-refractivity contribution is 0.0506. The van der Waals surface area contributed by atoms with Gasteiger partial charge in [-0.1, -0.05) is 5.16 Å². The summed E-state index contributed by atoms with van der Waals surface area (Å²) in [6.45, 7) is 4.15. The largest absolute Gasteiger partial charge is 0.460 e. The van der Waals surface area contributed by atoms with Crippen molar-refractivity contribution in [2.75, 3.05) is 6.61 Å². The first kappa shape index (κ1) is 11.3. The van der Waals surface area contributed by atoms with Gasteiger partial charge in [0.05, 0.1) is 19.3 Å². The van der Waals surface area contributed by atoms with Crippen molar-refractivity contribution in [2.45, 2.75) is 20.4 Å². The van der Waals surface area contributed by atoms with Gasteiger partial charge in [-0.05, 0) is 13.8 Å². The van der Waals surface area contributed by atoms with Crippen molar-refractivity contribution in [3.05, 3.63) is 29.7 Å². The molecular formula is C10H12N4O3. The first-order valence-electron chi connectivity index (χ1n) is 5.19. The van der Waals surface area contributed by atoms with E-state index < -0.39 is 5.97 Å². The summed E-state index contributed by atoms with van der Waals surface area (Å²) in [6, 6.07) is 1.72. The summed E-state index contributed by atoms with van der Waals surface area (Å²) in [5.41, 5.74) is 0. The van der Waals surface area contributed by atoms with Crippen LogP contribution < -0.4 is 0 Å². The molecule has 7 nitrogen and oxygen atoms in total. The van der Waals surface area contributed by atoms with E-state index in [2.05, 4.69) is 15.4 Å². The fraction of sp³-hybridized carbons (Fsp3) is 0.400. The van der Waals surface area contributed by atoms with Crippen LogP contribution in [0.4, 0.5) is 0 Å². The van der Waals surface area contributed by atoms with Gasteiger partial charge >= 0.3 is 5.97 Å². The van der Waals surface area contributed by atoms with E-state index in [4.69, 9.17) is 9.26 Å². The molecule has 2 rings (SSSR count). The maximum Gasteiger partial charge on any atom is 0.376 e. The molecule has 7 heteroatoms. The highest BCUT2D eigenvalue weighted by Crippen LogP contribution is 2.08. The molecule has 0 fully saturated rings. The van der Waals surface area contributed by atoms with E-state index in [0.717, 1.165) is 0 Å². The fourth-order valence-corrected chi connectivity index (χ4v) is 1.40. The van der Waals surface area contributed by atoms with Gasteiger partial charge in [0.15, 0.2) is 5.76 Å². The Morgan fingerprint density at radius 1 is 1.53 bits per heavy atom. The Kier molecular flexibility index (Phi) is 3.17. The molecular weight excluding hydrogens is 224 g/mol. The summed E-state index contributed by atoms with van der Waals surface area (Å²) < 4.78 is 11.5. The highest BCUT2D eigenvalue weighted by atomic mass is 16.5. The minimum absolute atomic E-state index is 0.167. The second-order valence-corrected chi connectivity index (χ2v) is 3.36. The topological polar surface area (TPSA) is 83.0 Å². The molecule has 0 unspecified atom stereocenters. The Bertz CT molecular complexity index is 504. The fourth-order valence-electron chi connectivity index (χ4n) is 1.40. The van der Waals surface area contributed by atoms with Crippen LogP contribution in [0.3, 0.4) is 0 Å². The number of carbonyl (C=O) groups excluding carboxylic acids is 1. The lowest BCUT2D eigenvalue weighted by Crippen LogP contribution is -2.14. The van der Waals surface area contributed by atoms with E-state index in [1.165, 1.54) is 0 Å². The number of aromatic nitrogens is 4. The molecule has 2 aromatic heterocycles. The molecule has 0 saturated heterocycles. The predicted octanol–water partition coefficient (Wildman–Crippen LogP) is 0.800. The summed E-state index contributed by atoms with van der Waals surface area (Å²) in [5.74, 6) is 0.913. The Labute approximate surface area is 97.4 Å². The van der Waals surface area contributed by atoms with Crippen molar-refractivity contribution in [3.8, 4) is 0 Å². The zero-order valence-corrected chi connectivity index (χ0v) is 9.58. The molecule has 0 aromatic carbocycles. The lowest BCUT2D eigenvalue weighted by Gasteiger charge is -2.05. The van der Waals surface area contributed by atoms with Crippen molar-refractivity contribution in [1.29, 1.82) is 0 Å². The third-order valence-corrected chi connectivity index (χ3v) is 2.20. The number of hydrogen-bond donors (Lipinski definition) is 0. The first-order valence-corrected chi connectivity index (χ1v) is 5.19. The van der Waals surface area contributed by atoms with Crippen molar-refractivity contribution in [2.24, 2.45) is 0 Å². The molecule has 90 valence electrons. The normalized spacial score (nSPS) is 10.5. The van der Waals surface area contributed by atoms with Crippen molar-refractivity contribution < 1.29 is 14.1 Å². The van der Waals surface area contributed by atoms with E-state index in [1.807, 2.05) is 0 Å². The van der Waals surface area contributed by atoms with Crippen LogP contribution in [-0.4, -0.2) is 32.5 Å². The molecule has 17 heavy (non-hydrogen) atoms. The van der Waals surface area contributed by atoms with Crippen molar-refractivity contribution in [1.82, 2.24) is 19.9 Å². The number of nitrogens with zero attached hydrogens (tertiary/aromatic N) is 4. The third kappa shape index (κ3) is 2.32. The summed E-state index contributed by atoms with van der Waals surface area (Å²) in [4.78, 5) is 11.6. The Balaban J connectivity index is 2.26. The second kappa shape index (κ2) is 4.77. The molecule has 2 aromatic rings. The zero-order chi connectivity index (χ0) is 12.3. The standard InChI is InChI=1S/C10H12N4O3/c1-3-16-10(15)9-13-12-7(2)14(9)6-8-4-5-11-17-8/h4-5H,3,6H2,1-2H3. The van der Waals surface area contributed by atoms with Gasteiger partial charge in [-0.15, -0.1) is 10.2 Å². The molecule has 0 bridgehead atoms. The minimum Gasteiger partial charge on any atom is -0.460 e. The monoisotopic (exact) mass is 236 g/mol. The van der Waals surface area contributed by atoms with Gasteiger partial charge in [-0.2, -0.15) is 0 Å². The van der Waals surface area contributed by atoms with E-state index in [1.54, 1.807) is 30.7 Å². The lowest BCUT2D eigenvalue weighted by atomic mass is 10.4. The number of carbonyl (C=O) groups is 1. The molecule has 0 amide bonds. The molecule has 0 aliphatic heterocycles. The van der Waals surface area contributed by atoms with Crippen molar-refractivity contribution >= 4 is 5.97 Å². The van der Waals surface area contributed by atoms with Crippen LogP contribution in [-0.2, 0) is 11.3 Å². The quantitative estimate of drug-likeness (QED) is 0.730. The van der Waals surface area contributed by atoms with Crippen LogP contribution in [0.5, 0.6) is 0 Å². The van der Waals surface area contributed by atoms with Crippen LogP contribution >= 0.6 is 0 Å². The molecule has 0 saturated carbocycles. The SMILES string of the molecule is CCOC(=O)c1nnc(C)n1Cc1ccno1. The van der Waals surface area contributed by atoms with Gasteiger partial charge in [0, 0.05) is 6.07 Å². The maximum absolute atomic E-state index is 11.6. The van der Waals surface area contributed by atoms with Crippen LogP contribution in [0.1, 0.15) is 29.1 Å². The van der Waals surface area contributed by atoms with Gasteiger partial charge in [0.25, 0.3) is 0 Å². The number of aryl methyl sites for hydroxylation is 1. The summed E-state index contributed by atoms with van der Waals surface area (Å²) in [7, 11) is 0. The molecule has 0 N–H and O–H groups in total. The van der Waals surface area contributed by atoms with E-state index in [-0.39, 0.29) is 5.82 Å². The summed E-state index contributed by atoms with van der Waals surface area (Å²) in [5, 5.41) is 11.2. The molecule has 0 aliphatic carbocycles. The first-order chi connectivity index (χ1) is 8.22. The highest BCUT2D eigenvalue weighted by molar-refractivity contribution is 5.85. The average molecular weight is 236 g/mol. The van der Waals surface area contributed by atoms with Gasteiger partial charge in [-0.25, -0.2) is 4.79 Å². The van der Waals surface area contributed by atoms with Crippen molar-refractivity contribution in [3.63, 3.8) is 0 Å². The van der Waals surface area contributed by atoms with E-state index >= 15 is 0 Å². The Morgan fingerprint density at radius 3 is 3.00 bits per heavy atom. The van der Waals surface area contributed by atoms with Crippen LogP contribution in [0.2, 0.25) is 0 Å². The second-order valence-electron chi connectivity index (χ2n) is 3.36. The molecule has 0 atom stereocenters. The highest BCUT2D eigenvalue weighted by Gasteiger charge is 2.18. The zero-order valence-electron chi connectivity index (χ0n) is 9.58.